The highest BCUT2D eigenvalue weighted by Gasteiger charge is 2.03. The van der Waals surface area contributed by atoms with Crippen molar-refractivity contribution in [3.63, 3.8) is 0 Å². The molecule has 0 amide bonds. The monoisotopic (exact) mass is 252 g/mol. The second kappa shape index (κ2) is 8.56. The predicted molar refractivity (Wildman–Crippen MR) is 77.5 cm³/mol. The molecule has 1 rings (SSSR count). The maximum absolute atomic E-state index is 6.10. The van der Waals surface area contributed by atoms with Crippen LogP contribution in [0.15, 0.2) is 35.2 Å². The first-order chi connectivity index (χ1) is 8.18. The van der Waals surface area contributed by atoms with E-state index in [4.69, 9.17) is 5.73 Å². The molecular weight excluding hydrogens is 228 g/mol. The Kier molecular flexibility index (Phi) is 7.33. The Bertz CT molecular complexity index is 288. The van der Waals surface area contributed by atoms with Crippen molar-refractivity contribution in [1.29, 1.82) is 0 Å². The minimum Gasteiger partial charge on any atom is -0.327 e. The summed E-state index contributed by atoms with van der Waals surface area (Å²) in [4.78, 5) is 3.54. The molecule has 96 valence electrons. The summed E-state index contributed by atoms with van der Waals surface area (Å²) in [6.07, 6.45) is 3.61. The molecule has 0 aliphatic carbocycles. The lowest BCUT2D eigenvalue weighted by Crippen LogP contribution is -2.23. The van der Waals surface area contributed by atoms with Gasteiger partial charge in [-0.05, 0) is 45.6 Å². The lowest BCUT2D eigenvalue weighted by atomic mass is 10.1. The molecule has 0 heterocycles. The van der Waals surface area contributed by atoms with E-state index in [1.54, 1.807) is 0 Å². The first kappa shape index (κ1) is 14.6. The second-order valence-corrected chi connectivity index (χ2v) is 5.78. The summed E-state index contributed by atoms with van der Waals surface area (Å²) in [5.41, 5.74) is 6.10. The van der Waals surface area contributed by atoms with Gasteiger partial charge >= 0.3 is 0 Å². The molecule has 0 bridgehead atoms. The van der Waals surface area contributed by atoms with E-state index < -0.39 is 0 Å². The van der Waals surface area contributed by atoms with Crippen molar-refractivity contribution in [2.24, 2.45) is 5.73 Å². The smallest absolute Gasteiger partial charge is 0.0133 e. The first-order valence-electron chi connectivity index (χ1n) is 6.26. The summed E-state index contributed by atoms with van der Waals surface area (Å²) >= 11 is 1.86. The van der Waals surface area contributed by atoms with E-state index in [2.05, 4.69) is 43.3 Å². The molecule has 0 aliphatic rings. The van der Waals surface area contributed by atoms with Crippen molar-refractivity contribution < 1.29 is 0 Å². The Morgan fingerprint density at radius 2 is 1.88 bits per heavy atom. The van der Waals surface area contributed by atoms with E-state index in [-0.39, 0.29) is 0 Å². The Morgan fingerprint density at radius 3 is 2.53 bits per heavy atom. The van der Waals surface area contributed by atoms with Gasteiger partial charge in [-0.25, -0.2) is 0 Å². The van der Waals surface area contributed by atoms with Crippen molar-refractivity contribution in [2.45, 2.75) is 30.2 Å². The fraction of sp³-hybridized carbons (Fsp3) is 0.571. The van der Waals surface area contributed by atoms with E-state index in [0.717, 1.165) is 12.2 Å². The first-order valence-corrected chi connectivity index (χ1v) is 7.25. The molecule has 0 spiro atoms. The Balaban J connectivity index is 2.07. The number of thioether (sulfide) groups is 1. The standard InChI is InChI=1S/C14H24N2S/c1-16(2)11-7-6-8-13(15)12-17-14-9-4-3-5-10-14/h3-5,9-10,13H,6-8,11-12,15H2,1-2H3. The quantitative estimate of drug-likeness (QED) is 0.570. The lowest BCUT2D eigenvalue weighted by molar-refractivity contribution is 0.388. The van der Waals surface area contributed by atoms with Crippen LogP contribution in [-0.2, 0) is 0 Å². The SMILES string of the molecule is CN(C)CCCCC(N)CSc1ccccc1. The van der Waals surface area contributed by atoms with Crippen LogP contribution in [0.25, 0.3) is 0 Å². The van der Waals surface area contributed by atoms with Gasteiger partial charge < -0.3 is 10.6 Å². The molecule has 0 radical (unpaired) electrons. The van der Waals surface area contributed by atoms with Crippen LogP contribution in [-0.4, -0.2) is 37.3 Å². The third kappa shape index (κ3) is 7.42. The van der Waals surface area contributed by atoms with E-state index in [0.29, 0.717) is 6.04 Å². The highest BCUT2D eigenvalue weighted by molar-refractivity contribution is 7.99. The van der Waals surface area contributed by atoms with Gasteiger partial charge in [0.25, 0.3) is 0 Å². The van der Waals surface area contributed by atoms with Crippen LogP contribution in [0.1, 0.15) is 19.3 Å². The van der Waals surface area contributed by atoms with E-state index in [1.165, 1.54) is 24.3 Å². The van der Waals surface area contributed by atoms with Crippen molar-refractivity contribution in [3.05, 3.63) is 30.3 Å². The molecule has 0 aromatic heterocycles. The minimum atomic E-state index is 0.322. The predicted octanol–water partition coefficient (Wildman–Crippen LogP) is 2.84. The fourth-order valence-electron chi connectivity index (χ4n) is 1.64. The average molecular weight is 252 g/mol. The summed E-state index contributed by atoms with van der Waals surface area (Å²) in [5.74, 6) is 1.02. The molecule has 0 saturated heterocycles. The zero-order chi connectivity index (χ0) is 12.5. The fourth-order valence-corrected chi connectivity index (χ4v) is 2.56. The Labute approximate surface area is 110 Å². The van der Waals surface area contributed by atoms with Crippen LogP contribution < -0.4 is 5.73 Å². The van der Waals surface area contributed by atoms with Crippen LogP contribution in [0.2, 0.25) is 0 Å². The number of benzene rings is 1. The molecule has 1 atom stereocenters. The van der Waals surface area contributed by atoms with Gasteiger partial charge in [-0.15, -0.1) is 11.8 Å². The number of unbranched alkanes of at least 4 members (excludes halogenated alkanes) is 1. The Hall–Kier alpha value is -0.510. The van der Waals surface area contributed by atoms with Crippen LogP contribution in [0, 0.1) is 0 Å². The molecule has 17 heavy (non-hydrogen) atoms. The van der Waals surface area contributed by atoms with Gasteiger partial charge in [-0.1, -0.05) is 24.6 Å². The topological polar surface area (TPSA) is 29.3 Å². The van der Waals surface area contributed by atoms with Crippen molar-refractivity contribution in [2.75, 3.05) is 26.4 Å². The minimum absolute atomic E-state index is 0.322. The summed E-state index contributed by atoms with van der Waals surface area (Å²) in [7, 11) is 4.23. The summed E-state index contributed by atoms with van der Waals surface area (Å²) in [6, 6.07) is 10.8. The lowest BCUT2D eigenvalue weighted by Gasteiger charge is -2.12. The number of hydrogen-bond acceptors (Lipinski definition) is 3. The summed E-state index contributed by atoms with van der Waals surface area (Å²) in [6.45, 7) is 1.17. The molecule has 1 aromatic carbocycles. The highest BCUT2D eigenvalue weighted by Crippen LogP contribution is 2.18. The third-order valence-electron chi connectivity index (χ3n) is 2.64. The van der Waals surface area contributed by atoms with Gasteiger partial charge in [0, 0.05) is 16.7 Å². The van der Waals surface area contributed by atoms with E-state index in [1.807, 2.05) is 17.8 Å². The second-order valence-electron chi connectivity index (χ2n) is 4.68. The zero-order valence-corrected chi connectivity index (χ0v) is 11.7. The summed E-state index contributed by atoms with van der Waals surface area (Å²) < 4.78 is 0. The molecular formula is C14H24N2S. The Morgan fingerprint density at radius 1 is 1.18 bits per heavy atom. The molecule has 1 unspecified atom stereocenters. The van der Waals surface area contributed by atoms with Crippen molar-refractivity contribution in [1.82, 2.24) is 4.90 Å². The number of rotatable bonds is 8. The van der Waals surface area contributed by atoms with Gasteiger partial charge in [-0.3, -0.25) is 0 Å². The number of nitrogens with two attached hydrogens (primary N) is 1. The largest absolute Gasteiger partial charge is 0.327 e. The normalized spacial score (nSPS) is 12.9. The number of hydrogen-bond donors (Lipinski definition) is 1. The molecule has 0 saturated carbocycles. The molecule has 3 heteroatoms. The van der Waals surface area contributed by atoms with Gasteiger partial charge in [-0.2, -0.15) is 0 Å². The van der Waals surface area contributed by atoms with Crippen LogP contribution >= 0.6 is 11.8 Å². The van der Waals surface area contributed by atoms with Gasteiger partial charge in [0.1, 0.15) is 0 Å². The summed E-state index contributed by atoms with van der Waals surface area (Å²) in [5, 5.41) is 0. The molecule has 2 nitrogen and oxygen atoms in total. The average Bonchev–Trinajstić information content (AvgIpc) is 2.33. The van der Waals surface area contributed by atoms with Crippen molar-refractivity contribution >= 4 is 11.8 Å². The molecule has 1 aromatic rings. The molecule has 0 aliphatic heterocycles. The van der Waals surface area contributed by atoms with Gasteiger partial charge in [0.15, 0.2) is 0 Å². The molecule has 2 N–H and O–H groups in total. The van der Waals surface area contributed by atoms with E-state index >= 15 is 0 Å². The highest BCUT2D eigenvalue weighted by atomic mass is 32.2. The number of nitrogens with zero attached hydrogens (tertiary/aromatic N) is 1. The molecule has 0 fully saturated rings. The van der Waals surface area contributed by atoms with Gasteiger partial charge in [0.05, 0.1) is 0 Å². The van der Waals surface area contributed by atoms with E-state index in [9.17, 15) is 0 Å². The maximum atomic E-state index is 6.10. The van der Waals surface area contributed by atoms with Gasteiger partial charge in [0.2, 0.25) is 0 Å². The van der Waals surface area contributed by atoms with Crippen molar-refractivity contribution in [3.8, 4) is 0 Å². The maximum Gasteiger partial charge on any atom is 0.0133 e. The zero-order valence-electron chi connectivity index (χ0n) is 10.9. The van der Waals surface area contributed by atoms with Crippen LogP contribution in [0.4, 0.5) is 0 Å². The van der Waals surface area contributed by atoms with Crippen LogP contribution in [0.5, 0.6) is 0 Å². The third-order valence-corrected chi connectivity index (χ3v) is 3.84. The van der Waals surface area contributed by atoms with Crippen LogP contribution in [0.3, 0.4) is 0 Å².